The summed E-state index contributed by atoms with van der Waals surface area (Å²) in [5, 5.41) is 0. The Hall–Kier alpha value is -1.19. The van der Waals surface area contributed by atoms with E-state index in [0.29, 0.717) is 17.8 Å². The summed E-state index contributed by atoms with van der Waals surface area (Å²) in [6.07, 6.45) is 1.26. The molecular formula is C11H18FN3. The van der Waals surface area contributed by atoms with Gasteiger partial charge in [0.2, 0.25) is 5.95 Å². The van der Waals surface area contributed by atoms with E-state index in [1.807, 2.05) is 0 Å². The van der Waals surface area contributed by atoms with E-state index in [1.54, 1.807) is 0 Å². The minimum Gasteiger partial charge on any atom is -0.354 e. The third-order valence-electron chi connectivity index (χ3n) is 2.10. The first-order valence-corrected chi connectivity index (χ1v) is 5.25. The van der Waals surface area contributed by atoms with Crippen LogP contribution in [0.3, 0.4) is 0 Å². The molecule has 1 rings (SSSR count). The van der Waals surface area contributed by atoms with Crippen molar-refractivity contribution in [1.29, 1.82) is 0 Å². The van der Waals surface area contributed by atoms with Crippen LogP contribution >= 0.6 is 0 Å². The maximum absolute atomic E-state index is 13.0. The second kappa shape index (κ2) is 5.05. The molecule has 0 bridgehead atoms. The summed E-state index contributed by atoms with van der Waals surface area (Å²) in [6.45, 7) is 9.28. The zero-order valence-electron chi connectivity index (χ0n) is 9.74. The molecule has 0 saturated heterocycles. The predicted octanol–water partition coefficient (Wildman–Crippen LogP) is 2.49. The molecule has 0 spiro atoms. The van der Waals surface area contributed by atoms with Gasteiger partial charge >= 0.3 is 0 Å². The Morgan fingerprint density at radius 1 is 1.27 bits per heavy atom. The Kier molecular flexibility index (Phi) is 4.00. The number of halogens is 1. The van der Waals surface area contributed by atoms with E-state index in [2.05, 4.69) is 42.6 Å². The summed E-state index contributed by atoms with van der Waals surface area (Å²) in [5.74, 6) is 0.700. The summed E-state index contributed by atoms with van der Waals surface area (Å²) in [5.41, 5.74) is 0. The smallest absolute Gasteiger partial charge is 0.218 e. The van der Waals surface area contributed by atoms with Gasteiger partial charge < -0.3 is 4.90 Å². The van der Waals surface area contributed by atoms with Crippen LogP contribution in [0, 0.1) is 11.9 Å². The topological polar surface area (TPSA) is 29.0 Å². The van der Waals surface area contributed by atoms with Crippen LogP contribution in [0.5, 0.6) is 0 Å². The van der Waals surface area contributed by atoms with E-state index in [0.717, 1.165) is 6.54 Å². The molecule has 1 aromatic heterocycles. The van der Waals surface area contributed by atoms with Gasteiger partial charge in [-0.3, -0.25) is 0 Å². The highest BCUT2D eigenvalue weighted by Gasteiger charge is 2.13. The number of hydrogen-bond acceptors (Lipinski definition) is 3. The van der Waals surface area contributed by atoms with Crippen LogP contribution in [0.2, 0.25) is 0 Å². The zero-order valence-corrected chi connectivity index (χ0v) is 9.74. The number of aromatic nitrogens is 2. The maximum Gasteiger partial charge on any atom is 0.218 e. The van der Waals surface area contributed by atoms with Gasteiger partial charge in [-0.25, -0.2) is 9.97 Å². The Balaban J connectivity index is 2.88. The van der Waals surface area contributed by atoms with Crippen molar-refractivity contribution in [1.82, 2.24) is 9.97 Å². The number of rotatable bonds is 4. The van der Waals surface area contributed by atoms with Crippen molar-refractivity contribution in [2.75, 3.05) is 11.4 Å². The van der Waals surface area contributed by atoms with Crippen molar-refractivity contribution in [2.24, 2.45) is 5.92 Å². The van der Waals surface area contributed by atoms with Crippen LogP contribution in [0.1, 0.15) is 27.7 Å². The zero-order chi connectivity index (χ0) is 11.4. The third-order valence-corrected chi connectivity index (χ3v) is 2.10. The van der Waals surface area contributed by atoms with Crippen molar-refractivity contribution in [3.8, 4) is 0 Å². The molecule has 0 N–H and O–H groups in total. The van der Waals surface area contributed by atoms with Crippen LogP contribution in [0.25, 0.3) is 0 Å². The molecule has 84 valence electrons. The molecule has 0 saturated carbocycles. The summed E-state index contributed by atoms with van der Waals surface area (Å²) in [4.78, 5) is 9.62. The number of hydrogen-bond donors (Lipinski definition) is 0. The molecule has 3 nitrogen and oxygen atoms in total. The first-order valence-electron chi connectivity index (χ1n) is 5.25. The quantitative estimate of drug-likeness (QED) is 0.716. The largest absolute Gasteiger partial charge is 0.354 e. The maximum atomic E-state index is 13.0. The first kappa shape index (κ1) is 11.9. The van der Waals surface area contributed by atoms with Crippen molar-refractivity contribution in [3.63, 3.8) is 0 Å². The normalized spacial score (nSPS) is 11.1. The molecule has 0 atom stereocenters. The highest BCUT2D eigenvalue weighted by molar-refractivity contribution is 5.37. The van der Waals surface area contributed by atoms with Gasteiger partial charge in [-0.1, -0.05) is 13.8 Å². The van der Waals surface area contributed by atoms with Gasteiger partial charge in [-0.05, 0) is 19.8 Å². The fourth-order valence-electron chi connectivity index (χ4n) is 1.44. The van der Waals surface area contributed by atoms with Gasteiger partial charge in [0.25, 0.3) is 0 Å². The van der Waals surface area contributed by atoms with Crippen LogP contribution in [0.4, 0.5) is 10.2 Å². The Bertz CT molecular complexity index is 312. The average molecular weight is 211 g/mol. The molecule has 4 heteroatoms. The monoisotopic (exact) mass is 211 g/mol. The van der Waals surface area contributed by atoms with Crippen LogP contribution in [-0.4, -0.2) is 22.6 Å². The standard InChI is InChI=1S/C11H18FN3/c1-8(2)6-15(9(3)4)11-5-10(12)13-7-14-11/h5,7-9H,6H2,1-4H3. The van der Waals surface area contributed by atoms with Crippen LogP contribution in [0.15, 0.2) is 12.4 Å². The van der Waals surface area contributed by atoms with Gasteiger partial charge in [-0.15, -0.1) is 0 Å². The van der Waals surface area contributed by atoms with E-state index < -0.39 is 5.95 Å². The lowest BCUT2D eigenvalue weighted by molar-refractivity contribution is 0.551. The highest BCUT2D eigenvalue weighted by Crippen LogP contribution is 2.15. The molecular weight excluding hydrogens is 193 g/mol. The van der Waals surface area contributed by atoms with Crippen LogP contribution in [-0.2, 0) is 0 Å². The summed E-state index contributed by atoms with van der Waals surface area (Å²) in [6, 6.07) is 1.68. The molecule has 0 aromatic carbocycles. The fraction of sp³-hybridized carbons (Fsp3) is 0.636. The van der Waals surface area contributed by atoms with E-state index in [-0.39, 0.29) is 0 Å². The van der Waals surface area contributed by atoms with Crippen molar-refractivity contribution < 1.29 is 4.39 Å². The van der Waals surface area contributed by atoms with E-state index in [9.17, 15) is 4.39 Å². The second-order valence-electron chi connectivity index (χ2n) is 4.34. The minimum absolute atomic E-state index is 0.307. The van der Waals surface area contributed by atoms with Crippen molar-refractivity contribution in [2.45, 2.75) is 33.7 Å². The lowest BCUT2D eigenvalue weighted by Crippen LogP contribution is -2.34. The van der Waals surface area contributed by atoms with E-state index in [1.165, 1.54) is 12.4 Å². The molecule has 0 amide bonds. The van der Waals surface area contributed by atoms with Crippen molar-refractivity contribution in [3.05, 3.63) is 18.3 Å². The van der Waals surface area contributed by atoms with Gasteiger partial charge in [0.05, 0.1) is 0 Å². The molecule has 0 aliphatic heterocycles. The average Bonchev–Trinajstić information content (AvgIpc) is 2.13. The molecule has 0 fully saturated rings. The van der Waals surface area contributed by atoms with Gasteiger partial charge in [0.15, 0.2) is 0 Å². The third kappa shape index (κ3) is 3.46. The summed E-state index contributed by atoms with van der Waals surface area (Å²) in [7, 11) is 0. The number of nitrogens with zero attached hydrogens (tertiary/aromatic N) is 3. The number of anilines is 1. The Morgan fingerprint density at radius 2 is 1.93 bits per heavy atom. The molecule has 0 aliphatic carbocycles. The fourth-order valence-corrected chi connectivity index (χ4v) is 1.44. The lowest BCUT2D eigenvalue weighted by Gasteiger charge is -2.29. The Morgan fingerprint density at radius 3 is 2.40 bits per heavy atom. The van der Waals surface area contributed by atoms with E-state index >= 15 is 0 Å². The first-order chi connectivity index (χ1) is 7.00. The SMILES string of the molecule is CC(C)CN(c1cc(F)ncn1)C(C)C. The molecule has 0 radical (unpaired) electrons. The highest BCUT2D eigenvalue weighted by atomic mass is 19.1. The molecule has 1 heterocycles. The molecule has 15 heavy (non-hydrogen) atoms. The summed E-state index contributed by atoms with van der Waals surface area (Å²) < 4.78 is 13.0. The predicted molar refractivity (Wildman–Crippen MR) is 59.3 cm³/mol. The van der Waals surface area contributed by atoms with Gasteiger partial charge in [-0.2, -0.15) is 4.39 Å². The second-order valence-corrected chi connectivity index (χ2v) is 4.34. The van der Waals surface area contributed by atoms with Crippen LogP contribution < -0.4 is 4.90 Å². The molecule has 0 unspecified atom stereocenters. The minimum atomic E-state index is -0.477. The van der Waals surface area contributed by atoms with Crippen molar-refractivity contribution >= 4 is 5.82 Å². The van der Waals surface area contributed by atoms with Gasteiger partial charge in [0.1, 0.15) is 12.1 Å². The Labute approximate surface area is 90.4 Å². The summed E-state index contributed by atoms with van der Waals surface area (Å²) >= 11 is 0. The molecule has 1 aromatic rings. The molecule has 0 aliphatic rings. The lowest BCUT2D eigenvalue weighted by atomic mass is 10.2. The van der Waals surface area contributed by atoms with E-state index in [4.69, 9.17) is 0 Å². The van der Waals surface area contributed by atoms with Gasteiger partial charge in [0, 0.05) is 18.7 Å².